The molecule has 0 spiro atoms. The Morgan fingerprint density at radius 2 is 2.35 bits per heavy atom. The van der Waals surface area contributed by atoms with E-state index in [2.05, 4.69) is 46.2 Å². The lowest BCUT2D eigenvalue weighted by molar-refractivity contribution is -0.119. The Morgan fingerprint density at radius 3 is 3.00 bits per heavy atom. The lowest BCUT2D eigenvalue weighted by Crippen LogP contribution is -2.44. The van der Waals surface area contributed by atoms with Crippen molar-refractivity contribution in [2.45, 2.75) is 67.5 Å². The summed E-state index contributed by atoms with van der Waals surface area (Å²) in [6, 6.07) is 6.88. The van der Waals surface area contributed by atoms with Gasteiger partial charge in [-0.3, -0.25) is 4.79 Å². The normalized spacial score (nSPS) is 31.0. The molecule has 0 aromatic heterocycles. The van der Waals surface area contributed by atoms with Crippen LogP contribution in [0.2, 0.25) is 5.02 Å². The number of amides is 1. The minimum Gasteiger partial charge on any atom is -0.350 e. The topological polar surface area (TPSA) is 41.1 Å². The average Bonchev–Trinajstić information content (AvgIpc) is 2.77. The first kappa shape index (κ1) is 17.5. The molecule has 1 aromatic carbocycles. The molecule has 23 heavy (non-hydrogen) atoms. The van der Waals surface area contributed by atoms with Crippen LogP contribution in [-0.2, 0) is 4.79 Å². The highest BCUT2D eigenvalue weighted by Crippen LogP contribution is 2.48. The second kappa shape index (κ2) is 6.89. The first-order valence-corrected chi connectivity index (χ1v) is 9.89. The van der Waals surface area contributed by atoms with Gasteiger partial charge in [0, 0.05) is 18.0 Å². The van der Waals surface area contributed by atoms with Crippen molar-refractivity contribution in [3.8, 4) is 0 Å². The molecule has 1 amide bonds. The van der Waals surface area contributed by atoms with Gasteiger partial charge in [0.05, 0.1) is 9.59 Å². The van der Waals surface area contributed by atoms with E-state index in [9.17, 15) is 4.79 Å². The molecule has 2 heterocycles. The summed E-state index contributed by atoms with van der Waals surface area (Å²) in [4.78, 5) is 11.6. The van der Waals surface area contributed by atoms with Gasteiger partial charge < -0.3 is 10.6 Å². The van der Waals surface area contributed by atoms with Crippen molar-refractivity contribution in [3.05, 3.63) is 34.3 Å². The van der Waals surface area contributed by atoms with Gasteiger partial charge in [0.25, 0.3) is 0 Å². The molecule has 3 rings (SSSR count). The number of carbonyl (C=O) groups is 1. The summed E-state index contributed by atoms with van der Waals surface area (Å²) in [5, 5.41) is 7.59. The molecule has 0 radical (unpaired) electrons. The van der Waals surface area contributed by atoms with E-state index in [0.29, 0.717) is 12.0 Å². The van der Waals surface area contributed by atoms with Gasteiger partial charge in [-0.2, -0.15) is 0 Å². The third-order valence-electron chi connectivity index (χ3n) is 5.14. The van der Waals surface area contributed by atoms with E-state index in [1.807, 2.05) is 12.1 Å². The molecule has 2 aliphatic rings. The highest BCUT2D eigenvalue weighted by atomic mass is 127. The average molecular weight is 447 g/mol. The molecular weight excluding hydrogens is 423 g/mol. The minimum absolute atomic E-state index is 0.0125. The quantitative estimate of drug-likeness (QED) is 0.400. The molecule has 4 unspecified atom stereocenters. The Hall–Kier alpha value is -0.330. The van der Waals surface area contributed by atoms with Crippen LogP contribution in [0.1, 0.15) is 69.0 Å². The van der Waals surface area contributed by atoms with E-state index in [-0.39, 0.29) is 15.5 Å². The lowest BCUT2D eigenvalue weighted by atomic mass is 9.82. The third kappa shape index (κ3) is 3.85. The van der Waals surface area contributed by atoms with E-state index in [0.717, 1.165) is 17.9 Å². The number of rotatable bonds is 4. The number of piperidine rings is 1. The largest absolute Gasteiger partial charge is 0.350 e. The fourth-order valence-corrected chi connectivity index (χ4v) is 5.63. The van der Waals surface area contributed by atoms with Crippen molar-refractivity contribution in [1.82, 2.24) is 10.6 Å². The fourth-order valence-electron chi connectivity index (χ4n) is 4.17. The Kier molecular flexibility index (Phi) is 5.24. The first-order chi connectivity index (χ1) is 10.9. The number of halogens is 2. The number of alkyl halides is 1. The molecule has 2 bridgehead atoms. The van der Waals surface area contributed by atoms with Crippen LogP contribution >= 0.6 is 34.2 Å². The smallest absolute Gasteiger partial charge is 0.217 e. The van der Waals surface area contributed by atoms with Gasteiger partial charge >= 0.3 is 0 Å². The van der Waals surface area contributed by atoms with Crippen LogP contribution in [-0.4, -0.2) is 15.5 Å². The molecule has 0 aliphatic carbocycles. The zero-order valence-corrected chi connectivity index (χ0v) is 16.6. The summed E-state index contributed by atoms with van der Waals surface area (Å²) < 4.78 is 0.234. The van der Waals surface area contributed by atoms with Crippen LogP contribution in [0.15, 0.2) is 18.2 Å². The van der Waals surface area contributed by atoms with Gasteiger partial charge in [0.15, 0.2) is 0 Å². The van der Waals surface area contributed by atoms with Crippen LogP contribution in [0.25, 0.3) is 0 Å². The summed E-state index contributed by atoms with van der Waals surface area (Å²) in [6.45, 7) is 3.69. The Labute approximate surface area is 157 Å². The molecule has 2 fully saturated rings. The molecule has 0 saturated carbocycles. The Balaban J connectivity index is 1.94. The van der Waals surface area contributed by atoms with Crippen LogP contribution in [0.5, 0.6) is 0 Å². The number of benzene rings is 1. The van der Waals surface area contributed by atoms with Gasteiger partial charge in [0.2, 0.25) is 5.91 Å². The number of nitrogens with one attached hydrogen (secondary N) is 2. The summed E-state index contributed by atoms with van der Waals surface area (Å²) >= 11 is 8.86. The van der Waals surface area contributed by atoms with Crippen LogP contribution in [0, 0.1) is 0 Å². The Morgan fingerprint density at radius 1 is 1.57 bits per heavy atom. The second-order valence-electron chi connectivity index (χ2n) is 6.92. The van der Waals surface area contributed by atoms with Crippen LogP contribution in [0.3, 0.4) is 0 Å². The highest BCUT2D eigenvalue weighted by Gasteiger charge is 2.44. The number of carbonyl (C=O) groups excluding carboxylic acids is 1. The molecule has 4 atom stereocenters. The molecule has 2 saturated heterocycles. The minimum atomic E-state index is 0.0125. The standard InChI is InChI=1S/C18H24ClIN2O/c1-3-17(21-11(2)23)16-9-13(19)4-5-15(16)12-8-14-6-7-18(20,10-12)22-14/h4-5,9,12,14,17,22H,3,6-8,10H2,1-2H3,(H,21,23). The van der Waals surface area contributed by atoms with Gasteiger partial charge in [-0.05, 0) is 61.3 Å². The van der Waals surface area contributed by atoms with Gasteiger partial charge in [0.1, 0.15) is 0 Å². The van der Waals surface area contributed by atoms with E-state index in [1.165, 1.54) is 30.4 Å². The zero-order chi connectivity index (χ0) is 16.6. The maximum absolute atomic E-state index is 11.6. The number of hydrogen-bond acceptors (Lipinski definition) is 2. The van der Waals surface area contributed by atoms with Crippen LogP contribution < -0.4 is 10.6 Å². The SMILES string of the molecule is CCC(NC(C)=O)c1cc(Cl)ccc1C1CC2CCC(I)(C1)N2. The summed E-state index contributed by atoms with van der Waals surface area (Å²) in [5.74, 6) is 0.550. The predicted octanol–water partition coefficient (Wildman–Crippen LogP) is 4.69. The molecule has 2 aliphatic heterocycles. The maximum Gasteiger partial charge on any atom is 0.217 e. The molecule has 5 heteroatoms. The van der Waals surface area contributed by atoms with Crippen molar-refractivity contribution >= 4 is 40.1 Å². The molecule has 1 aromatic rings. The van der Waals surface area contributed by atoms with E-state index in [1.54, 1.807) is 6.92 Å². The summed E-state index contributed by atoms with van der Waals surface area (Å²) in [7, 11) is 0. The lowest BCUT2D eigenvalue weighted by Gasteiger charge is -2.37. The predicted molar refractivity (Wildman–Crippen MR) is 103 cm³/mol. The molecule has 126 valence electrons. The van der Waals surface area contributed by atoms with Crippen LogP contribution in [0.4, 0.5) is 0 Å². The summed E-state index contributed by atoms with van der Waals surface area (Å²) in [5.41, 5.74) is 2.56. The second-order valence-corrected chi connectivity index (χ2v) is 9.42. The summed E-state index contributed by atoms with van der Waals surface area (Å²) in [6.07, 6.45) is 5.72. The van der Waals surface area contributed by atoms with Crippen molar-refractivity contribution < 1.29 is 4.79 Å². The molecular formula is C18H24ClIN2O. The van der Waals surface area contributed by atoms with E-state index >= 15 is 0 Å². The Bertz CT molecular complexity index is 609. The number of hydrogen-bond donors (Lipinski definition) is 2. The highest BCUT2D eigenvalue weighted by molar-refractivity contribution is 14.1. The van der Waals surface area contributed by atoms with Crippen molar-refractivity contribution in [3.63, 3.8) is 0 Å². The monoisotopic (exact) mass is 446 g/mol. The van der Waals surface area contributed by atoms with Crippen molar-refractivity contribution in [2.24, 2.45) is 0 Å². The van der Waals surface area contributed by atoms with Crippen molar-refractivity contribution in [1.29, 1.82) is 0 Å². The van der Waals surface area contributed by atoms with E-state index < -0.39 is 0 Å². The first-order valence-electron chi connectivity index (χ1n) is 8.43. The van der Waals surface area contributed by atoms with Gasteiger partial charge in [-0.15, -0.1) is 0 Å². The molecule has 2 N–H and O–H groups in total. The van der Waals surface area contributed by atoms with E-state index in [4.69, 9.17) is 11.6 Å². The van der Waals surface area contributed by atoms with Gasteiger partial charge in [-0.25, -0.2) is 0 Å². The van der Waals surface area contributed by atoms with Crippen molar-refractivity contribution in [2.75, 3.05) is 0 Å². The zero-order valence-electron chi connectivity index (χ0n) is 13.7. The molecule has 3 nitrogen and oxygen atoms in total. The van der Waals surface area contributed by atoms with Gasteiger partial charge in [-0.1, -0.05) is 47.2 Å². The maximum atomic E-state index is 11.6. The fraction of sp³-hybridized carbons (Fsp3) is 0.611. The number of fused-ring (bicyclic) bond motifs is 2. The third-order valence-corrected chi connectivity index (χ3v) is 6.67.